The summed E-state index contributed by atoms with van der Waals surface area (Å²) in [6, 6.07) is 14.8. The van der Waals surface area contributed by atoms with Crippen LogP contribution in [0.1, 0.15) is 23.4 Å². The van der Waals surface area contributed by atoms with Crippen molar-refractivity contribution in [1.29, 1.82) is 0 Å². The Kier molecular flexibility index (Phi) is 6.86. The molecule has 0 fully saturated rings. The molecule has 9 heteroatoms. The average molecular weight is 424 g/mol. The molecule has 1 N–H and O–H groups in total. The molecule has 0 aliphatic rings. The van der Waals surface area contributed by atoms with Gasteiger partial charge in [-0.1, -0.05) is 24.3 Å². The number of carbonyl (C=O) groups excluding carboxylic acids is 1. The highest BCUT2D eigenvalue weighted by Crippen LogP contribution is 2.30. The van der Waals surface area contributed by atoms with E-state index in [2.05, 4.69) is 10.4 Å². The molecule has 1 amide bonds. The summed E-state index contributed by atoms with van der Waals surface area (Å²) in [5.41, 5.74) is 1.71. The Morgan fingerprint density at radius 1 is 1.13 bits per heavy atom. The van der Waals surface area contributed by atoms with Crippen molar-refractivity contribution in [2.45, 2.75) is 33.4 Å². The summed E-state index contributed by atoms with van der Waals surface area (Å²) in [5, 5.41) is 18.1. The highest BCUT2D eigenvalue weighted by molar-refractivity contribution is 5.75. The molecule has 3 aromatic rings. The molecule has 3 rings (SSSR count). The zero-order valence-electron chi connectivity index (χ0n) is 17.6. The van der Waals surface area contributed by atoms with Gasteiger partial charge in [-0.25, -0.2) is 0 Å². The zero-order chi connectivity index (χ0) is 22.4. The molecule has 0 spiro atoms. The van der Waals surface area contributed by atoms with Crippen LogP contribution in [0.2, 0.25) is 0 Å². The summed E-state index contributed by atoms with van der Waals surface area (Å²) in [5.74, 6) is 1.76. The zero-order valence-corrected chi connectivity index (χ0v) is 17.6. The van der Waals surface area contributed by atoms with Gasteiger partial charge in [0.25, 0.3) is 0 Å². The van der Waals surface area contributed by atoms with Crippen LogP contribution in [0.3, 0.4) is 0 Å². The van der Waals surface area contributed by atoms with Crippen LogP contribution in [-0.2, 0) is 17.9 Å². The van der Waals surface area contributed by atoms with Crippen molar-refractivity contribution in [2.75, 3.05) is 7.11 Å². The number of ether oxygens (including phenoxy) is 2. The van der Waals surface area contributed by atoms with Crippen LogP contribution in [-0.4, -0.2) is 27.7 Å². The minimum atomic E-state index is -0.449. The molecule has 2 aromatic carbocycles. The molecule has 1 aromatic heterocycles. The summed E-state index contributed by atoms with van der Waals surface area (Å²) in [6.45, 7) is 3.86. The summed E-state index contributed by atoms with van der Waals surface area (Å²) in [7, 11) is 1.59. The lowest BCUT2D eigenvalue weighted by atomic mass is 10.2. The Morgan fingerprint density at radius 2 is 1.81 bits per heavy atom. The van der Waals surface area contributed by atoms with Crippen molar-refractivity contribution in [3.05, 3.63) is 75.6 Å². The molecule has 9 nitrogen and oxygen atoms in total. The van der Waals surface area contributed by atoms with E-state index in [-0.39, 0.29) is 24.6 Å². The molecular weight excluding hydrogens is 400 g/mol. The monoisotopic (exact) mass is 424 g/mol. The van der Waals surface area contributed by atoms with Gasteiger partial charge in [-0.2, -0.15) is 5.10 Å². The number of nitro groups is 1. The van der Waals surface area contributed by atoms with Crippen molar-refractivity contribution < 1.29 is 19.2 Å². The summed E-state index contributed by atoms with van der Waals surface area (Å²) in [6.07, 6.45) is 0.175. The van der Waals surface area contributed by atoms with Gasteiger partial charge in [0, 0.05) is 13.0 Å². The van der Waals surface area contributed by atoms with Crippen molar-refractivity contribution in [1.82, 2.24) is 15.1 Å². The van der Waals surface area contributed by atoms with Crippen molar-refractivity contribution in [2.24, 2.45) is 0 Å². The second kappa shape index (κ2) is 9.75. The molecule has 0 aliphatic heterocycles. The van der Waals surface area contributed by atoms with E-state index in [1.807, 2.05) is 48.5 Å². The lowest BCUT2D eigenvalue weighted by Gasteiger charge is -2.11. The molecule has 0 radical (unpaired) electrons. The number of aromatic nitrogens is 2. The molecule has 31 heavy (non-hydrogen) atoms. The molecule has 0 saturated heterocycles. The number of methoxy groups -OCH3 is 1. The van der Waals surface area contributed by atoms with E-state index in [4.69, 9.17) is 9.47 Å². The van der Waals surface area contributed by atoms with E-state index in [1.165, 1.54) is 4.68 Å². The predicted octanol–water partition coefficient (Wildman–Crippen LogP) is 3.92. The first-order chi connectivity index (χ1) is 14.9. The maximum absolute atomic E-state index is 12.2. The predicted molar refractivity (Wildman–Crippen MR) is 114 cm³/mol. The van der Waals surface area contributed by atoms with E-state index < -0.39 is 4.92 Å². The Bertz CT molecular complexity index is 1080. The number of para-hydroxylation sites is 2. The SMILES string of the molecule is COc1ccccc1Oc1ccc(CNC(=O)CCn2nc(C)c([N+](=O)[O-])c2C)cc1. The molecule has 0 unspecified atom stereocenters. The van der Waals surface area contributed by atoms with Crippen LogP contribution in [0.25, 0.3) is 0 Å². The molecule has 0 atom stereocenters. The fourth-order valence-electron chi connectivity index (χ4n) is 3.17. The number of hydrogen-bond donors (Lipinski definition) is 1. The van der Waals surface area contributed by atoms with Crippen LogP contribution in [0.15, 0.2) is 48.5 Å². The second-order valence-electron chi connectivity index (χ2n) is 6.92. The van der Waals surface area contributed by atoms with E-state index in [0.29, 0.717) is 35.2 Å². The maximum Gasteiger partial charge on any atom is 0.312 e. The van der Waals surface area contributed by atoms with Gasteiger partial charge in [0.05, 0.1) is 18.6 Å². The first kappa shape index (κ1) is 21.8. The van der Waals surface area contributed by atoms with Gasteiger partial charge in [-0.15, -0.1) is 0 Å². The van der Waals surface area contributed by atoms with Crippen LogP contribution in [0, 0.1) is 24.0 Å². The molecule has 0 bridgehead atoms. The standard InChI is InChI=1S/C22H24N4O5/c1-15-22(26(28)29)16(2)25(24-15)13-12-21(27)23-14-17-8-10-18(11-9-17)31-20-7-5-4-6-19(20)30-3/h4-11H,12-14H2,1-3H3,(H,23,27). The number of carbonyl (C=O) groups is 1. The minimum absolute atomic E-state index is 0.00385. The lowest BCUT2D eigenvalue weighted by molar-refractivity contribution is -0.386. The van der Waals surface area contributed by atoms with Crippen molar-refractivity contribution in [3.8, 4) is 17.2 Å². The molecule has 0 saturated carbocycles. The second-order valence-corrected chi connectivity index (χ2v) is 6.92. The number of nitrogens with one attached hydrogen (secondary N) is 1. The third-order valence-corrected chi connectivity index (χ3v) is 4.79. The van der Waals surface area contributed by atoms with Crippen LogP contribution >= 0.6 is 0 Å². The van der Waals surface area contributed by atoms with Crippen molar-refractivity contribution in [3.63, 3.8) is 0 Å². The van der Waals surface area contributed by atoms with E-state index in [0.717, 1.165) is 5.56 Å². The van der Waals surface area contributed by atoms with Gasteiger partial charge in [0.15, 0.2) is 11.5 Å². The molecule has 162 valence electrons. The van der Waals surface area contributed by atoms with Crippen LogP contribution < -0.4 is 14.8 Å². The van der Waals surface area contributed by atoms with E-state index in [1.54, 1.807) is 21.0 Å². The topological polar surface area (TPSA) is 109 Å². The minimum Gasteiger partial charge on any atom is -0.493 e. The third-order valence-electron chi connectivity index (χ3n) is 4.79. The van der Waals surface area contributed by atoms with Crippen molar-refractivity contribution >= 4 is 11.6 Å². The number of benzene rings is 2. The Labute approximate surface area is 179 Å². The highest BCUT2D eigenvalue weighted by Gasteiger charge is 2.21. The van der Waals surface area contributed by atoms with Crippen LogP contribution in [0.5, 0.6) is 17.2 Å². The van der Waals surface area contributed by atoms with Gasteiger partial charge in [-0.3, -0.25) is 19.6 Å². The molecular formula is C22H24N4O5. The maximum atomic E-state index is 12.2. The fraction of sp³-hybridized carbons (Fsp3) is 0.273. The summed E-state index contributed by atoms with van der Waals surface area (Å²) >= 11 is 0. The fourth-order valence-corrected chi connectivity index (χ4v) is 3.17. The van der Waals surface area contributed by atoms with Gasteiger partial charge in [0.1, 0.15) is 17.1 Å². The lowest BCUT2D eigenvalue weighted by Crippen LogP contribution is -2.24. The normalized spacial score (nSPS) is 10.5. The average Bonchev–Trinajstić information content (AvgIpc) is 3.05. The molecule has 0 aliphatic carbocycles. The van der Waals surface area contributed by atoms with Gasteiger partial charge < -0.3 is 14.8 Å². The first-order valence-electron chi connectivity index (χ1n) is 9.74. The molecule has 1 heterocycles. The number of nitrogens with zero attached hydrogens (tertiary/aromatic N) is 3. The third kappa shape index (κ3) is 5.39. The van der Waals surface area contributed by atoms with Gasteiger partial charge in [0.2, 0.25) is 5.91 Å². The van der Waals surface area contributed by atoms with Gasteiger partial charge in [-0.05, 0) is 43.7 Å². The number of aryl methyl sites for hydroxylation is 2. The first-order valence-corrected chi connectivity index (χ1v) is 9.74. The smallest absolute Gasteiger partial charge is 0.312 e. The van der Waals surface area contributed by atoms with E-state index >= 15 is 0 Å². The van der Waals surface area contributed by atoms with Crippen LogP contribution in [0.4, 0.5) is 5.69 Å². The number of amides is 1. The van der Waals surface area contributed by atoms with E-state index in [9.17, 15) is 14.9 Å². The highest BCUT2D eigenvalue weighted by atomic mass is 16.6. The largest absolute Gasteiger partial charge is 0.493 e. The Hall–Kier alpha value is -3.88. The van der Waals surface area contributed by atoms with Gasteiger partial charge >= 0.3 is 5.69 Å². The Balaban J connectivity index is 1.50. The number of hydrogen-bond acceptors (Lipinski definition) is 6. The Morgan fingerprint density at radius 3 is 2.42 bits per heavy atom. The summed E-state index contributed by atoms with van der Waals surface area (Å²) in [4.78, 5) is 22.8. The summed E-state index contributed by atoms with van der Waals surface area (Å²) < 4.78 is 12.6. The quantitative estimate of drug-likeness (QED) is 0.412. The number of rotatable bonds is 9.